The fraction of sp³-hybridized carbons (Fsp3) is 0.176. The molecule has 4 heteroatoms. The highest BCUT2D eigenvalue weighted by atomic mass is 16.3. The average molecular weight is 280 g/mol. The molecule has 2 aromatic carbocycles. The average Bonchev–Trinajstić information content (AvgIpc) is 2.91. The molecule has 0 atom stereocenters. The second-order valence-electron chi connectivity index (χ2n) is 4.97. The highest BCUT2D eigenvalue weighted by Crippen LogP contribution is 2.26. The first-order chi connectivity index (χ1) is 10.2. The van der Waals surface area contributed by atoms with E-state index in [1.165, 1.54) is 5.56 Å². The Bertz CT molecular complexity index is 788. The predicted octanol–water partition coefficient (Wildman–Crippen LogP) is 4.15. The van der Waals surface area contributed by atoms with E-state index < -0.39 is 0 Å². The van der Waals surface area contributed by atoms with Crippen LogP contribution in [0.25, 0.3) is 22.6 Å². The van der Waals surface area contributed by atoms with Gasteiger partial charge in [-0.15, -0.1) is 0 Å². The molecular weight excluding hydrogens is 264 g/mol. The summed E-state index contributed by atoms with van der Waals surface area (Å²) in [5.74, 6) is 0.570. The summed E-state index contributed by atoms with van der Waals surface area (Å²) in [6, 6.07) is 13.5. The zero-order chi connectivity index (χ0) is 14.8. The van der Waals surface area contributed by atoms with E-state index in [4.69, 9.17) is 4.42 Å². The number of hydrogen-bond acceptors (Lipinski definition) is 3. The van der Waals surface area contributed by atoms with E-state index in [1.807, 2.05) is 56.3 Å². The van der Waals surface area contributed by atoms with Crippen molar-refractivity contribution in [2.24, 2.45) is 0 Å². The minimum atomic E-state index is -0.0170. The normalized spacial score (nSPS) is 10.8. The van der Waals surface area contributed by atoms with Crippen molar-refractivity contribution in [1.29, 1.82) is 0 Å². The standard InChI is InChI=1S/C17H16N2O2/c1-3-16(20)18-13-8-9-15-14(10-13)19-17(21-15)12-6-4-11(2)5-7-12/h4-10H,3H2,1-2H3,(H,18,20). The molecular formula is C17H16N2O2. The quantitative estimate of drug-likeness (QED) is 0.784. The second-order valence-corrected chi connectivity index (χ2v) is 4.97. The van der Waals surface area contributed by atoms with Crippen LogP contribution < -0.4 is 5.32 Å². The summed E-state index contributed by atoms with van der Waals surface area (Å²) in [5.41, 5.74) is 4.31. The Morgan fingerprint density at radius 1 is 1.19 bits per heavy atom. The first-order valence-electron chi connectivity index (χ1n) is 6.93. The van der Waals surface area contributed by atoms with Crippen molar-refractivity contribution in [3.63, 3.8) is 0 Å². The fourth-order valence-corrected chi connectivity index (χ4v) is 2.07. The number of nitrogens with one attached hydrogen (secondary N) is 1. The van der Waals surface area contributed by atoms with E-state index in [0.717, 1.165) is 16.8 Å². The molecule has 106 valence electrons. The summed E-state index contributed by atoms with van der Waals surface area (Å²) < 4.78 is 5.76. The van der Waals surface area contributed by atoms with Crippen molar-refractivity contribution in [1.82, 2.24) is 4.98 Å². The Morgan fingerprint density at radius 2 is 1.95 bits per heavy atom. The third-order valence-electron chi connectivity index (χ3n) is 3.29. The molecule has 1 N–H and O–H groups in total. The first kappa shape index (κ1) is 13.4. The Kier molecular flexibility index (Phi) is 3.44. The lowest BCUT2D eigenvalue weighted by Crippen LogP contribution is -2.08. The van der Waals surface area contributed by atoms with Gasteiger partial charge in [-0.05, 0) is 37.3 Å². The predicted molar refractivity (Wildman–Crippen MR) is 83.1 cm³/mol. The monoisotopic (exact) mass is 280 g/mol. The van der Waals surface area contributed by atoms with Crippen LogP contribution in [0.3, 0.4) is 0 Å². The molecule has 0 unspecified atom stereocenters. The molecule has 3 aromatic rings. The van der Waals surface area contributed by atoms with Gasteiger partial charge < -0.3 is 9.73 Å². The number of oxazole rings is 1. The number of aryl methyl sites for hydroxylation is 1. The third kappa shape index (κ3) is 2.79. The summed E-state index contributed by atoms with van der Waals surface area (Å²) in [5, 5.41) is 2.82. The summed E-state index contributed by atoms with van der Waals surface area (Å²) in [7, 11) is 0. The molecule has 4 nitrogen and oxygen atoms in total. The molecule has 3 rings (SSSR count). The molecule has 0 saturated heterocycles. The number of nitrogens with zero attached hydrogens (tertiary/aromatic N) is 1. The van der Waals surface area contributed by atoms with Gasteiger partial charge in [0.05, 0.1) is 0 Å². The second kappa shape index (κ2) is 5.40. The number of rotatable bonds is 3. The number of benzene rings is 2. The summed E-state index contributed by atoms with van der Waals surface area (Å²) in [4.78, 5) is 15.9. The number of fused-ring (bicyclic) bond motifs is 1. The lowest BCUT2D eigenvalue weighted by molar-refractivity contribution is -0.115. The zero-order valence-corrected chi connectivity index (χ0v) is 12.0. The first-order valence-corrected chi connectivity index (χ1v) is 6.93. The van der Waals surface area contributed by atoms with Gasteiger partial charge in [0.15, 0.2) is 5.58 Å². The number of carbonyl (C=O) groups excluding carboxylic acids is 1. The van der Waals surface area contributed by atoms with Gasteiger partial charge in [0, 0.05) is 17.7 Å². The lowest BCUT2D eigenvalue weighted by atomic mass is 10.1. The van der Waals surface area contributed by atoms with Crippen molar-refractivity contribution in [2.75, 3.05) is 5.32 Å². The number of hydrogen-bond donors (Lipinski definition) is 1. The van der Waals surface area contributed by atoms with Crippen LogP contribution in [0.1, 0.15) is 18.9 Å². The highest BCUT2D eigenvalue weighted by molar-refractivity contribution is 5.92. The van der Waals surface area contributed by atoms with Crippen LogP contribution in [0, 0.1) is 6.92 Å². The third-order valence-corrected chi connectivity index (χ3v) is 3.29. The Labute approximate surface area is 122 Å². The van der Waals surface area contributed by atoms with Crippen LogP contribution in [-0.4, -0.2) is 10.9 Å². The summed E-state index contributed by atoms with van der Waals surface area (Å²) in [6.07, 6.45) is 0.450. The van der Waals surface area contributed by atoms with Gasteiger partial charge in [-0.25, -0.2) is 4.98 Å². The van der Waals surface area contributed by atoms with E-state index in [0.29, 0.717) is 17.9 Å². The molecule has 0 spiro atoms. The topological polar surface area (TPSA) is 55.1 Å². The maximum absolute atomic E-state index is 11.4. The van der Waals surface area contributed by atoms with Crippen molar-refractivity contribution < 1.29 is 9.21 Å². The summed E-state index contributed by atoms with van der Waals surface area (Å²) >= 11 is 0. The van der Waals surface area contributed by atoms with E-state index in [-0.39, 0.29) is 5.91 Å². The maximum Gasteiger partial charge on any atom is 0.227 e. The molecule has 0 aliphatic heterocycles. The molecule has 0 radical (unpaired) electrons. The molecule has 1 heterocycles. The van der Waals surface area contributed by atoms with Crippen LogP contribution in [0.2, 0.25) is 0 Å². The summed E-state index contributed by atoms with van der Waals surface area (Å²) in [6.45, 7) is 3.86. The van der Waals surface area contributed by atoms with Gasteiger partial charge in [0.2, 0.25) is 11.8 Å². The van der Waals surface area contributed by atoms with Gasteiger partial charge in [-0.2, -0.15) is 0 Å². The van der Waals surface area contributed by atoms with Gasteiger partial charge in [0.25, 0.3) is 0 Å². The minimum absolute atomic E-state index is 0.0170. The minimum Gasteiger partial charge on any atom is -0.436 e. The number of aromatic nitrogens is 1. The molecule has 1 aromatic heterocycles. The van der Waals surface area contributed by atoms with Crippen LogP contribution in [-0.2, 0) is 4.79 Å². The van der Waals surface area contributed by atoms with E-state index in [9.17, 15) is 4.79 Å². The SMILES string of the molecule is CCC(=O)Nc1ccc2oc(-c3ccc(C)cc3)nc2c1. The molecule has 21 heavy (non-hydrogen) atoms. The van der Waals surface area contributed by atoms with Gasteiger partial charge in [-0.1, -0.05) is 24.6 Å². The van der Waals surface area contributed by atoms with Crippen LogP contribution in [0.4, 0.5) is 5.69 Å². The highest BCUT2D eigenvalue weighted by Gasteiger charge is 2.09. The zero-order valence-electron chi connectivity index (χ0n) is 12.0. The molecule has 1 amide bonds. The van der Waals surface area contributed by atoms with E-state index in [2.05, 4.69) is 10.3 Å². The molecule has 0 saturated carbocycles. The van der Waals surface area contributed by atoms with Crippen molar-refractivity contribution >= 4 is 22.7 Å². The Hall–Kier alpha value is -2.62. The van der Waals surface area contributed by atoms with Gasteiger partial charge >= 0.3 is 0 Å². The van der Waals surface area contributed by atoms with Crippen molar-refractivity contribution in [2.45, 2.75) is 20.3 Å². The molecule has 0 aliphatic rings. The lowest BCUT2D eigenvalue weighted by Gasteiger charge is -2.01. The van der Waals surface area contributed by atoms with Crippen LogP contribution in [0.15, 0.2) is 46.9 Å². The Morgan fingerprint density at radius 3 is 2.67 bits per heavy atom. The van der Waals surface area contributed by atoms with Crippen LogP contribution in [0.5, 0.6) is 0 Å². The van der Waals surface area contributed by atoms with E-state index >= 15 is 0 Å². The Balaban J connectivity index is 1.96. The van der Waals surface area contributed by atoms with Gasteiger partial charge in [-0.3, -0.25) is 4.79 Å². The largest absolute Gasteiger partial charge is 0.436 e. The number of anilines is 1. The van der Waals surface area contributed by atoms with E-state index in [1.54, 1.807) is 0 Å². The van der Waals surface area contributed by atoms with Crippen molar-refractivity contribution in [3.8, 4) is 11.5 Å². The number of amides is 1. The van der Waals surface area contributed by atoms with Crippen molar-refractivity contribution in [3.05, 3.63) is 48.0 Å². The smallest absolute Gasteiger partial charge is 0.227 e. The molecule has 0 bridgehead atoms. The molecule has 0 aliphatic carbocycles. The maximum atomic E-state index is 11.4. The fourth-order valence-electron chi connectivity index (χ4n) is 2.07. The van der Waals surface area contributed by atoms with Crippen LogP contribution >= 0.6 is 0 Å². The van der Waals surface area contributed by atoms with Gasteiger partial charge in [0.1, 0.15) is 5.52 Å². The molecule has 0 fully saturated rings. The number of carbonyl (C=O) groups is 1.